The number of carbonyl (C=O) groups is 3. The Morgan fingerprint density at radius 1 is 1.33 bits per heavy atom. The van der Waals surface area contributed by atoms with E-state index in [1.165, 1.54) is 17.2 Å². The van der Waals surface area contributed by atoms with Crippen LogP contribution in [-0.2, 0) is 11.3 Å². The van der Waals surface area contributed by atoms with Crippen LogP contribution in [-0.4, -0.2) is 53.0 Å². The van der Waals surface area contributed by atoms with Gasteiger partial charge in [0, 0.05) is 26.8 Å². The highest BCUT2D eigenvalue weighted by atomic mass is 16.4. The van der Waals surface area contributed by atoms with Gasteiger partial charge in [-0.15, -0.1) is 0 Å². The summed E-state index contributed by atoms with van der Waals surface area (Å²) in [7, 11) is 3.21. The van der Waals surface area contributed by atoms with E-state index in [2.05, 4.69) is 15.6 Å². The Hall–Kier alpha value is -2.64. The van der Waals surface area contributed by atoms with Gasteiger partial charge in [-0.1, -0.05) is 6.07 Å². The molecule has 0 aliphatic carbocycles. The van der Waals surface area contributed by atoms with Crippen LogP contribution in [0.15, 0.2) is 18.3 Å². The number of likely N-dealkylation sites (N-methyl/N-ethyl adjacent to an activating group) is 1. The number of aromatic nitrogens is 1. The van der Waals surface area contributed by atoms with Crippen molar-refractivity contribution in [2.45, 2.75) is 19.5 Å². The summed E-state index contributed by atoms with van der Waals surface area (Å²) >= 11 is 0. The summed E-state index contributed by atoms with van der Waals surface area (Å²) in [6.07, 6.45) is 1.37. The Morgan fingerprint density at radius 3 is 2.48 bits per heavy atom. The summed E-state index contributed by atoms with van der Waals surface area (Å²) in [6.45, 7) is 1.77. The highest BCUT2D eigenvalue weighted by Gasteiger charge is 2.16. The molecule has 21 heavy (non-hydrogen) atoms. The third-order valence-corrected chi connectivity index (χ3v) is 2.66. The lowest BCUT2D eigenvalue weighted by Crippen LogP contribution is -2.47. The van der Waals surface area contributed by atoms with E-state index >= 15 is 0 Å². The molecule has 1 unspecified atom stereocenters. The topological polar surface area (TPSA) is 112 Å². The lowest BCUT2D eigenvalue weighted by atomic mass is 10.2. The van der Waals surface area contributed by atoms with Crippen molar-refractivity contribution in [2.24, 2.45) is 0 Å². The Kier molecular flexibility index (Phi) is 5.65. The zero-order chi connectivity index (χ0) is 16.0. The minimum atomic E-state index is -1.11. The van der Waals surface area contributed by atoms with Crippen molar-refractivity contribution in [1.82, 2.24) is 20.5 Å². The highest BCUT2D eigenvalue weighted by Crippen LogP contribution is 2.00. The maximum absolute atomic E-state index is 11.6. The minimum absolute atomic E-state index is 0.0617. The number of pyridine rings is 1. The Bertz CT molecular complexity index is 527. The fourth-order valence-electron chi connectivity index (χ4n) is 1.53. The maximum atomic E-state index is 11.6. The van der Waals surface area contributed by atoms with E-state index in [-0.39, 0.29) is 18.1 Å². The average molecular weight is 294 g/mol. The van der Waals surface area contributed by atoms with Gasteiger partial charge < -0.3 is 20.6 Å². The number of nitrogens with zero attached hydrogens (tertiary/aromatic N) is 2. The van der Waals surface area contributed by atoms with E-state index in [4.69, 9.17) is 5.11 Å². The molecule has 0 radical (unpaired) electrons. The average Bonchev–Trinajstić information content (AvgIpc) is 2.44. The summed E-state index contributed by atoms with van der Waals surface area (Å²) in [5.74, 6) is -1.32. The zero-order valence-electron chi connectivity index (χ0n) is 12.1. The van der Waals surface area contributed by atoms with Crippen LogP contribution in [0.4, 0.5) is 4.79 Å². The van der Waals surface area contributed by atoms with Crippen LogP contribution in [0.25, 0.3) is 0 Å². The Labute approximate surface area is 122 Å². The smallest absolute Gasteiger partial charge is 0.354 e. The molecular weight excluding hydrogens is 276 g/mol. The number of rotatable bonds is 5. The van der Waals surface area contributed by atoms with Crippen molar-refractivity contribution in [3.05, 3.63) is 29.6 Å². The fraction of sp³-hybridized carbons (Fsp3) is 0.385. The van der Waals surface area contributed by atoms with Crippen LogP contribution in [0, 0.1) is 0 Å². The summed E-state index contributed by atoms with van der Waals surface area (Å²) in [4.78, 5) is 39.0. The normalized spacial score (nSPS) is 11.4. The number of hydrogen-bond donors (Lipinski definition) is 3. The molecule has 0 spiro atoms. The van der Waals surface area contributed by atoms with Crippen LogP contribution < -0.4 is 10.6 Å². The molecule has 0 aliphatic heterocycles. The predicted molar refractivity (Wildman–Crippen MR) is 74.7 cm³/mol. The predicted octanol–water partition coefficient (Wildman–Crippen LogP) is 0.0557. The quantitative estimate of drug-likeness (QED) is 0.710. The number of aromatic carboxylic acids is 1. The van der Waals surface area contributed by atoms with Gasteiger partial charge >= 0.3 is 12.0 Å². The Balaban J connectivity index is 2.46. The van der Waals surface area contributed by atoms with E-state index in [9.17, 15) is 14.4 Å². The molecule has 8 heteroatoms. The van der Waals surface area contributed by atoms with E-state index in [0.29, 0.717) is 5.56 Å². The summed E-state index contributed by atoms with van der Waals surface area (Å²) < 4.78 is 0. The number of carboxylic acid groups (broad SMARTS) is 1. The van der Waals surface area contributed by atoms with E-state index < -0.39 is 18.0 Å². The molecule has 114 valence electrons. The van der Waals surface area contributed by atoms with Gasteiger partial charge in [0.25, 0.3) is 0 Å². The van der Waals surface area contributed by atoms with Gasteiger partial charge in [-0.25, -0.2) is 14.6 Å². The van der Waals surface area contributed by atoms with Gasteiger partial charge in [-0.2, -0.15) is 0 Å². The standard InChI is InChI=1S/C13H18N4O4/c1-8(11(18)17(2)3)16-13(21)15-7-9-4-5-10(12(19)20)14-6-9/h4-6,8H,7H2,1-3H3,(H,19,20)(H2,15,16,21). The lowest BCUT2D eigenvalue weighted by Gasteiger charge is -2.18. The van der Waals surface area contributed by atoms with Crippen LogP contribution in [0.5, 0.6) is 0 Å². The SMILES string of the molecule is CC(NC(=O)NCc1ccc(C(=O)O)nc1)C(=O)N(C)C. The van der Waals surface area contributed by atoms with E-state index in [1.54, 1.807) is 27.1 Å². The molecule has 0 saturated heterocycles. The monoisotopic (exact) mass is 294 g/mol. The summed E-state index contributed by atoms with van der Waals surface area (Å²) in [6, 6.07) is 1.80. The highest BCUT2D eigenvalue weighted by molar-refractivity contribution is 5.86. The third kappa shape index (κ3) is 5.09. The molecule has 1 heterocycles. The molecule has 1 atom stereocenters. The molecule has 3 amide bonds. The molecule has 8 nitrogen and oxygen atoms in total. The second-order valence-corrected chi connectivity index (χ2v) is 4.64. The van der Waals surface area contributed by atoms with Crippen molar-refractivity contribution in [3.8, 4) is 0 Å². The van der Waals surface area contributed by atoms with Gasteiger partial charge in [-0.3, -0.25) is 4.79 Å². The molecule has 3 N–H and O–H groups in total. The van der Waals surface area contributed by atoms with Crippen LogP contribution in [0.2, 0.25) is 0 Å². The number of hydrogen-bond acceptors (Lipinski definition) is 4. The van der Waals surface area contributed by atoms with Gasteiger partial charge in [0.15, 0.2) is 0 Å². The molecule has 1 aromatic rings. The van der Waals surface area contributed by atoms with Crippen LogP contribution in [0.1, 0.15) is 23.0 Å². The first-order valence-electron chi connectivity index (χ1n) is 6.25. The molecular formula is C13H18N4O4. The van der Waals surface area contributed by atoms with Crippen LogP contribution >= 0.6 is 0 Å². The largest absolute Gasteiger partial charge is 0.477 e. The number of carboxylic acids is 1. The molecule has 0 fully saturated rings. The van der Waals surface area contributed by atoms with Gasteiger partial charge in [-0.05, 0) is 18.6 Å². The van der Waals surface area contributed by atoms with Crippen molar-refractivity contribution in [2.75, 3.05) is 14.1 Å². The number of nitrogens with one attached hydrogen (secondary N) is 2. The number of carbonyl (C=O) groups excluding carboxylic acids is 2. The summed E-state index contributed by atoms with van der Waals surface area (Å²) in [5.41, 5.74) is 0.593. The van der Waals surface area contributed by atoms with E-state index in [0.717, 1.165) is 0 Å². The Morgan fingerprint density at radius 2 is 2.00 bits per heavy atom. The van der Waals surface area contributed by atoms with Crippen LogP contribution in [0.3, 0.4) is 0 Å². The van der Waals surface area contributed by atoms with Crippen molar-refractivity contribution in [1.29, 1.82) is 0 Å². The van der Waals surface area contributed by atoms with Crippen molar-refractivity contribution >= 4 is 17.9 Å². The maximum Gasteiger partial charge on any atom is 0.354 e. The molecule has 1 aromatic heterocycles. The van der Waals surface area contributed by atoms with Crippen molar-refractivity contribution < 1.29 is 19.5 Å². The first-order chi connectivity index (χ1) is 9.81. The third-order valence-electron chi connectivity index (χ3n) is 2.66. The fourth-order valence-corrected chi connectivity index (χ4v) is 1.53. The number of urea groups is 1. The first kappa shape index (κ1) is 16.4. The minimum Gasteiger partial charge on any atom is -0.477 e. The van der Waals surface area contributed by atoms with Gasteiger partial charge in [0.05, 0.1) is 0 Å². The van der Waals surface area contributed by atoms with Crippen molar-refractivity contribution in [3.63, 3.8) is 0 Å². The number of amides is 3. The lowest BCUT2D eigenvalue weighted by molar-refractivity contribution is -0.130. The molecule has 1 rings (SSSR count). The van der Waals surface area contributed by atoms with Gasteiger partial charge in [0.2, 0.25) is 5.91 Å². The second-order valence-electron chi connectivity index (χ2n) is 4.64. The molecule has 0 bridgehead atoms. The summed E-state index contributed by atoms with van der Waals surface area (Å²) in [5, 5.41) is 13.8. The first-order valence-corrected chi connectivity index (χ1v) is 6.25. The molecule has 0 saturated carbocycles. The van der Waals surface area contributed by atoms with E-state index in [1.807, 2.05) is 0 Å². The second kappa shape index (κ2) is 7.22. The zero-order valence-corrected chi connectivity index (χ0v) is 12.1. The molecule has 0 aromatic carbocycles. The molecule has 0 aliphatic rings. The van der Waals surface area contributed by atoms with Gasteiger partial charge in [0.1, 0.15) is 11.7 Å².